The smallest absolute Gasteiger partial charge is 0.253 e. The van der Waals surface area contributed by atoms with Crippen molar-refractivity contribution in [2.24, 2.45) is 11.8 Å². The van der Waals surface area contributed by atoms with E-state index in [0.29, 0.717) is 42.1 Å². The number of hydrogen-bond acceptors (Lipinski definition) is 5. The quantitative estimate of drug-likeness (QED) is 0.215. The van der Waals surface area contributed by atoms with Crippen LogP contribution in [0, 0.1) is 18.8 Å². The number of likely N-dealkylation sites (tertiary alicyclic amines) is 1. The number of para-hydroxylation sites is 1. The molecule has 0 saturated carbocycles. The van der Waals surface area contributed by atoms with Gasteiger partial charge in [-0.15, -0.1) is 13.2 Å². The van der Waals surface area contributed by atoms with Crippen molar-refractivity contribution in [1.29, 1.82) is 0 Å². The number of aliphatic hydroxyl groups excluding tert-OH is 1. The number of nitrogens with zero attached hydrogens (tertiary/aromatic N) is 3. The molecule has 0 aliphatic carbocycles. The van der Waals surface area contributed by atoms with Crippen molar-refractivity contribution in [2.45, 2.75) is 62.9 Å². The molecule has 2 unspecified atom stereocenters. The van der Waals surface area contributed by atoms with E-state index in [9.17, 15) is 9.90 Å². The molecule has 3 aromatic carbocycles. The summed E-state index contributed by atoms with van der Waals surface area (Å²) in [6.07, 6.45) is 4.72. The maximum absolute atomic E-state index is 15.3. The molecule has 256 valence electrons. The van der Waals surface area contributed by atoms with E-state index >= 15 is 9.59 Å². The molecule has 3 heterocycles. The number of carbonyl (C=O) groups is 3. The molecule has 3 fully saturated rings. The van der Waals surface area contributed by atoms with Gasteiger partial charge in [0.1, 0.15) is 11.6 Å². The number of halogens is 1. The second-order valence-electron chi connectivity index (χ2n) is 13.3. The van der Waals surface area contributed by atoms with E-state index in [2.05, 4.69) is 13.2 Å². The minimum atomic E-state index is -1.31. The Hall–Kier alpha value is -4.24. The first-order valence-corrected chi connectivity index (χ1v) is 17.3. The topological polar surface area (TPSA) is 90.4 Å². The molecule has 49 heavy (non-hydrogen) atoms. The Labute approximate surface area is 293 Å². The summed E-state index contributed by atoms with van der Waals surface area (Å²) in [5, 5.41) is 11.3. The van der Waals surface area contributed by atoms with Gasteiger partial charge in [0.05, 0.1) is 40.8 Å². The zero-order valence-corrected chi connectivity index (χ0v) is 28.9. The maximum atomic E-state index is 15.3. The molecule has 3 saturated heterocycles. The van der Waals surface area contributed by atoms with Crippen molar-refractivity contribution in [1.82, 2.24) is 9.80 Å². The minimum Gasteiger partial charge on any atom is -0.394 e. The number of ether oxygens (including phenoxy) is 1. The van der Waals surface area contributed by atoms with Gasteiger partial charge in [-0.25, -0.2) is 0 Å². The van der Waals surface area contributed by atoms with Gasteiger partial charge in [0.25, 0.3) is 5.91 Å². The van der Waals surface area contributed by atoms with Crippen molar-refractivity contribution in [3.63, 3.8) is 0 Å². The van der Waals surface area contributed by atoms with Crippen LogP contribution in [0.25, 0.3) is 0 Å². The molecule has 3 amide bonds. The molecule has 1 N–H and O–H groups in total. The SMILES string of the molecule is C=CCN(Cc1ccccc1)C(=O)[C@@H]1[C@H]2C(=O)N([C@H](CO)c3ccccc3)C(C(=O)N(CC=C)c3c(C)cccc3Cl)C23CC[C@@]1(CC)O3. The first-order valence-electron chi connectivity index (χ1n) is 17.0. The van der Waals surface area contributed by atoms with E-state index in [1.807, 2.05) is 86.6 Å². The van der Waals surface area contributed by atoms with Crippen LogP contribution in [0.1, 0.15) is 48.9 Å². The number of benzene rings is 3. The van der Waals surface area contributed by atoms with E-state index in [4.69, 9.17) is 16.3 Å². The van der Waals surface area contributed by atoms with Gasteiger partial charge in [0, 0.05) is 19.6 Å². The van der Waals surface area contributed by atoms with E-state index in [0.717, 1.165) is 11.1 Å². The van der Waals surface area contributed by atoms with Gasteiger partial charge in [-0.1, -0.05) is 103 Å². The molecule has 0 aromatic heterocycles. The minimum absolute atomic E-state index is 0.128. The number of carbonyl (C=O) groups excluding carboxylic acids is 3. The van der Waals surface area contributed by atoms with Crippen molar-refractivity contribution in [3.05, 3.63) is 126 Å². The summed E-state index contributed by atoms with van der Waals surface area (Å²) in [7, 11) is 0. The van der Waals surface area contributed by atoms with Gasteiger partial charge >= 0.3 is 0 Å². The van der Waals surface area contributed by atoms with Crippen LogP contribution in [-0.2, 0) is 25.7 Å². The molecule has 1 spiro atoms. The third kappa shape index (κ3) is 5.69. The van der Waals surface area contributed by atoms with Gasteiger partial charge in [-0.05, 0) is 48.9 Å². The summed E-state index contributed by atoms with van der Waals surface area (Å²) < 4.78 is 7.10. The molecule has 0 radical (unpaired) electrons. The van der Waals surface area contributed by atoms with Gasteiger partial charge in [0.15, 0.2) is 0 Å². The van der Waals surface area contributed by atoms with Crippen LogP contribution in [0.3, 0.4) is 0 Å². The average molecular weight is 682 g/mol. The highest BCUT2D eigenvalue weighted by molar-refractivity contribution is 6.34. The molecule has 3 aliphatic heterocycles. The fourth-order valence-corrected chi connectivity index (χ4v) is 8.92. The standard InChI is InChI=1S/C40H44ClN3O5/c1-5-23-42(25-28-16-10-8-11-17-28)36(46)32-33-37(47)44(31(26-45)29-18-12-9-13-19-29)35(40(33)22-21-39(32,7-3)49-40)38(48)43(24-6-2)34-27(4)15-14-20-30(34)41/h5-6,8-20,31-33,35,45H,1-2,7,21-26H2,3-4H3/t31-,32+,33+,35?,39-,40?/m1/s1. The maximum Gasteiger partial charge on any atom is 0.253 e. The fraction of sp³-hybridized carbons (Fsp3) is 0.375. The van der Waals surface area contributed by atoms with Crippen LogP contribution in [0.2, 0.25) is 5.02 Å². The predicted octanol–water partition coefficient (Wildman–Crippen LogP) is 6.27. The first kappa shape index (κ1) is 34.6. The molecule has 3 aliphatic rings. The van der Waals surface area contributed by atoms with Gasteiger partial charge in [0.2, 0.25) is 11.8 Å². The molecule has 2 bridgehead atoms. The van der Waals surface area contributed by atoms with Crippen molar-refractivity contribution < 1.29 is 24.2 Å². The summed E-state index contributed by atoms with van der Waals surface area (Å²) in [5.41, 5.74) is 0.680. The lowest BCUT2D eigenvalue weighted by molar-refractivity contribution is -0.154. The summed E-state index contributed by atoms with van der Waals surface area (Å²) in [6, 6.07) is 22.3. The Balaban J connectivity index is 1.51. The zero-order valence-electron chi connectivity index (χ0n) is 28.1. The van der Waals surface area contributed by atoms with Crippen molar-refractivity contribution >= 4 is 35.0 Å². The van der Waals surface area contributed by atoms with Gasteiger partial charge < -0.3 is 24.5 Å². The molecule has 8 nitrogen and oxygen atoms in total. The van der Waals surface area contributed by atoms with Crippen LogP contribution in [0.4, 0.5) is 5.69 Å². The summed E-state index contributed by atoms with van der Waals surface area (Å²) in [4.78, 5) is 50.1. The summed E-state index contributed by atoms with van der Waals surface area (Å²) in [5.74, 6) is -2.76. The number of hydrogen-bond donors (Lipinski definition) is 1. The highest BCUT2D eigenvalue weighted by Gasteiger charge is 2.79. The second-order valence-corrected chi connectivity index (χ2v) is 13.7. The number of aryl methyl sites for hydroxylation is 1. The van der Waals surface area contributed by atoms with Crippen LogP contribution >= 0.6 is 11.6 Å². The number of amides is 3. The number of anilines is 1. The Morgan fingerprint density at radius 1 is 1.00 bits per heavy atom. The number of fused-ring (bicyclic) bond motifs is 1. The number of aliphatic hydroxyl groups is 1. The van der Waals surface area contributed by atoms with Crippen LogP contribution in [-0.4, -0.2) is 69.6 Å². The third-order valence-electron chi connectivity index (χ3n) is 10.7. The zero-order chi connectivity index (χ0) is 34.9. The van der Waals surface area contributed by atoms with E-state index < -0.39 is 47.6 Å². The Bertz CT molecular complexity index is 1710. The molecule has 6 rings (SSSR count). The van der Waals surface area contributed by atoms with Gasteiger partial charge in [-0.3, -0.25) is 14.4 Å². The second kappa shape index (κ2) is 13.9. The average Bonchev–Trinajstić information content (AvgIpc) is 3.72. The van der Waals surface area contributed by atoms with E-state index in [1.54, 1.807) is 28.0 Å². The molecule has 9 heteroatoms. The molecule has 3 aromatic rings. The Morgan fingerprint density at radius 2 is 1.67 bits per heavy atom. The summed E-state index contributed by atoms with van der Waals surface area (Å²) in [6.45, 7) is 12.0. The van der Waals surface area contributed by atoms with E-state index in [1.165, 1.54) is 4.90 Å². The highest BCUT2D eigenvalue weighted by Crippen LogP contribution is 2.65. The first-order chi connectivity index (χ1) is 23.7. The monoisotopic (exact) mass is 681 g/mol. The fourth-order valence-electron chi connectivity index (χ4n) is 8.60. The Kier molecular flexibility index (Phi) is 9.85. The largest absolute Gasteiger partial charge is 0.394 e. The summed E-state index contributed by atoms with van der Waals surface area (Å²) >= 11 is 6.75. The molecular formula is C40H44ClN3O5. The highest BCUT2D eigenvalue weighted by atomic mass is 35.5. The van der Waals surface area contributed by atoms with Crippen molar-refractivity contribution in [3.8, 4) is 0 Å². The molecular weight excluding hydrogens is 638 g/mol. The van der Waals surface area contributed by atoms with Gasteiger partial charge in [-0.2, -0.15) is 0 Å². The predicted molar refractivity (Wildman–Crippen MR) is 191 cm³/mol. The Morgan fingerprint density at radius 3 is 2.29 bits per heavy atom. The lowest BCUT2D eigenvalue weighted by atomic mass is 9.64. The van der Waals surface area contributed by atoms with Crippen LogP contribution in [0.5, 0.6) is 0 Å². The van der Waals surface area contributed by atoms with E-state index in [-0.39, 0.29) is 24.9 Å². The normalized spacial score (nSPS) is 25.9. The molecule has 6 atom stereocenters. The van der Waals surface area contributed by atoms with Crippen LogP contribution < -0.4 is 4.90 Å². The van der Waals surface area contributed by atoms with Crippen LogP contribution in [0.15, 0.2) is 104 Å². The lowest BCUT2D eigenvalue weighted by Gasteiger charge is -2.40. The number of rotatable bonds is 13. The lowest BCUT2D eigenvalue weighted by Crippen LogP contribution is -2.57. The van der Waals surface area contributed by atoms with Crippen molar-refractivity contribution in [2.75, 3.05) is 24.6 Å². The third-order valence-corrected chi connectivity index (χ3v) is 11.0.